The van der Waals surface area contributed by atoms with Gasteiger partial charge in [0.2, 0.25) is 0 Å². The lowest BCUT2D eigenvalue weighted by molar-refractivity contribution is 0.102. The van der Waals surface area contributed by atoms with E-state index >= 15 is 0 Å². The van der Waals surface area contributed by atoms with Crippen molar-refractivity contribution in [2.45, 2.75) is 6.92 Å². The molecule has 0 saturated heterocycles. The Morgan fingerprint density at radius 1 is 0.964 bits per heavy atom. The van der Waals surface area contributed by atoms with Crippen molar-refractivity contribution in [3.8, 4) is 5.75 Å². The second-order valence-electron chi connectivity index (χ2n) is 5.95. The fraction of sp³-hybridized carbons (Fsp3) is 0.0952. The van der Waals surface area contributed by atoms with Gasteiger partial charge in [0, 0.05) is 22.5 Å². The highest BCUT2D eigenvalue weighted by atomic mass is 35.5. The van der Waals surface area contributed by atoms with Gasteiger partial charge in [-0.15, -0.1) is 0 Å². The fourth-order valence-corrected chi connectivity index (χ4v) is 2.74. The van der Waals surface area contributed by atoms with Crippen molar-refractivity contribution < 1.29 is 14.3 Å². The number of anilines is 2. The number of nitrogens with one attached hydrogen (secondary N) is 2. The first kappa shape index (κ1) is 19.4. The van der Waals surface area contributed by atoms with Crippen LogP contribution in [0.25, 0.3) is 0 Å². The molecule has 6 nitrogen and oxygen atoms in total. The molecule has 1 aromatic heterocycles. The maximum atomic E-state index is 12.6. The molecule has 0 spiro atoms. The Bertz CT molecular complexity index is 1040. The number of amides is 2. The molecule has 28 heavy (non-hydrogen) atoms. The molecule has 0 radical (unpaired) electrons. The number of pyridine rings is 1. The molecule has 2 N–H and O–H groups in total. The largest absolute Gasteiger partial charge is 0.495 e. The van der Waals surface area contributed by atoms with Gasteiger partial charge < -0.3 is 15.4 Å². The van der Waals surface area contributed by atoms with E-state index in [2.05, 4.69) is 15.6 Å². The van der Waals surface area contributed by atoms with Crippen LogP contribution < -0.4 is 15.4 Å². The summed E-state index contributed by atoms with van der Waals surface area (Å²) < 4.78 is 5.23. The second-order valence-corrected chi connectivity index (χ2v) is 6.36. The first-order valence-corrected chi connectivity index (χ1v) is 8.84. The van der Waals surface area contributed by atoms with Gasteiger partial charge in [-0.1, -0.05) is 29.8 Å². The van der Waals surface area contributed by atoms with Crippen LogP contribution in [0, 0.1) is 6.92 Å². The van der Waals surface area contributed by atoms with Crippen molar-refractivity contribution in [2.75, 3.05) is 17.7 Å². The molecule has 0 bridgehead atoms. The topological polar surface area (TPSA) is 80.3 Å². The number of ether oxygens (including phenoxy) is 1. The van der Waals surface area contributed by atoms with Crippen molar-refractivity contribution in [1.29, 1.82) is 0 Å². The highest BCUT2D eigenvalue weighted by Gasteiger charge is 2.15. The lowest BCUT2D eigenvalue weighted by Gasteiger charge is -2.11. The molecule has 0 saturated carbocycles. The molecule has 0 unspecified atom stereocenters. The van der Waals surface area contributed by atoms with Crippen molar-refractivity contribution in [3.63, 3.8) is 0 Å². The Balaban J connectivity index is 1.78. The van der Waals surface area contributed by atoms with Crippen molar-refractivity contribution >= 4 is 34.8 Å². The summed E-state index contributed by atoms with van der Waals surface area (Å²) in [6.07, 6.45) is 1.41. The number of carbonyl (C=O) groups is 2. The molecule has 3 rings (SSSR count). The molecule has 2 aromatic carbocycles. The summed E-state index contributed by atoms with van der Waals surface area (Å²) in [6.45, 7) is 1.81. The molecule has 1 heterocycles. The first-order chi connectivity index (χ1) is 13.5. The number of nitrogens with zero attached hydrogens (tertiary/aromatic N) is 1. The minimum Gasteiger partial charge on any atom is -0.495 e. The number of aromatic nitrogens is 1. The number of benzene rings is 2. The zero-order valence-corrected chi connectivity index (χ0v) is 16.1. The summed E-state index contributed by atoms with van der Waals surface area (Å²) in [7, 11) is 1.53. The normalized spacial score (nSPS) is 10.2. The summed E-state index contributed by atoms with van der Waals surface area (Å²) in [5, 5.41) is 6.08. The highest BCUT2D eigenvalue weighted by Crippen LogP contribution is 2.25. The van der Waals surface area contributed by atoms with Gasteiger partial charge in [-0.2, -0.15) is 0 Å². The number of rotatable bonds is 5. The summed E-state index contributed by atoms with van der Waals surface area (Å²) in [5.41, 5.74) is 2.29. The van der Waals surface area contributed by atoms with Gasteiger partial charge in [0.05, 0.1) is 12.8 Å². The third kappa shape index (κ3) is 4.29. The zero-order valence-electron chi connectivity index (χ0n) is 15.3. The number of halogens is 1. The number of carbonyl (C=O) groups excluding carboxylic acids is 2. The Labute approximate surface area is 167 Å². The molecule has 0 fully saturated rings. The van der Waals surface area contributed by atoms with Gasteiger partial charge in [-0.25, -0.2) is 0 Å². The molecular formula is C21H18ClN3O3. The van der Waals surface area contributed by atoms with E-state index in [0.717, 1.165) is 5.56 Å². The average molecular weight is 396 g/mol. The highest BCUT2D eigenvalue weighted by molar-refractivity contribution is 6.31. The third-order valence-electron chi connectivity index (χ3n) is 4.13. The Morgan fingerprint density at radius 2 is 1.68 bits per heavy atom. The van der Waals surface area contributed by atoms with Crippen molar-refractivity contribution in [2.24, 2.45) is 0 Å². The molecule has 142 valence electrons. The number of para-hydroxylation sites is 2. The van der Waals surface area contributed by atoms with Crippen LogP contribution in [0.4, 0.5) is 11.4 Å². The Kier molecular flexibility index (Phi) is 5.91. The maximum absolute atomic E-state index is 12.6. The lowest BCUT2D eigenvalue weighted by Crippen LogP contribution is -2.17. The predicted molar refractivity (Wildman–Crippen MR) is 109 cm³/mol. The van der Waals surface area contributed by atoms with E-state index in [4.69, 9.17) is 16.3 Å². The van der Waals surface area contributed by atoms with E-state index in [1.165, 1.54) is 25.4 Å². The number of hydrogen-bond donors (Lipinski definition) is 2. The minimum atomic E-state index is -0.433. The smallest absolute Gasteiger partial charge is 0.274 e. The lowest BCUT2D eigenvalue weighted by atomic mass is 10.1. The number of hydrogen-bond acceptors (Lipinski definition) is 4. The van der Waals surface area contributed by atoms with Crippen molar-refractivity contribution in [3.05, 3.63) is 82.6 Å². The molecule has 7 heteroatoms. The third-order valence-corrected chi connectivity index (χ3v) is 4.54. The van der Waals surface area contributed by atoms with E-state index in [1.54, 1.807) is 42.5 Å². The predicted octanol–water partition coefficient (Wildman–Crippen LogP) is 4.56. The maximum Gasteiger partial charge on any atom is 0.274 e. The van der Waals surface area contributed by atoms with Gasteiger partial charge in [0.1, 0.15) is 11.4 Å². The van der Waals surface area contributed by atoms with E-state index in [1.807, 2.05) is 6.92 Å². The standard InChI is InChI=1S/C21H18ClN3O3/c1-13-15(22)6-5-8-16(13)24-21(27)18-12-14(10-11-23-18)20(26)25-17-7-3-4-9-19(17)28-2/h3-12H,1-2H3,(H,24,27)(H,25,26). The minimum absolute atomic E-state index is 0.118. The fourth-order valence-electron chi connectivity index (χ4n) is 2.57. The van der Waals surface area contributed by atoms with Crippen LogP contribution in [-0.4, -0.2) is 23.9 Å². The van der Waals surface area contributed by atoms with Gasteiger partial charge in [-0.3, -0.25) is 14.6 Å². The molecule has 0 atom stereocenters. The van der Waals surface area contributed by atoms with E-state index < -0.39 is 5.91 Å². The van der Waals surface area contributed by atoms with Crippen LogP contribution in [0.5, 0.6) is 5.75 Å². The van der Waals surface area contributed by atoms with Crippen LogP contribution in [0.15, 0.2) is 60.8 Å². The number of methoxy groups -OCH3 is 1. The van der Waals surface area contributed by atoms with Gasteiger partial charge in [0.25, 0.3) is 11.8 Å². The summed E-state index contributed by atoms with van der Waals surface area (Å²) in [4.78, 5) is 29.2. The molecule has 3 aromatic rings. The molecule has 0 aliphatic heterocycles. The average Bonchev–Trinajstić information content (AvgIpc) is 2.72. The van der Waals surface area contributed by atoms with Crippen LogP contribution in [0.3, 0.4) is 0 Å². The molecule has 2 amide bonds. The Hall–Kier alpha value is -3.38. The van der Waals surface area contributed by atoms with E-state index in [0.29, 0.717) is 27.7 Å². The summed E-state index contributed by atoms with van der Waals surface area (Å²) >= 11 is 6.08. The Morgan fingerprint density at radius 3 is 2.46 bits per heavy atom. The van der Waals surface area contributed by atoms with E-state index in [-0.39, 0.29) is 11.6 Å². The monoisotopic (exact) mass is 395 g/mol. The first-order valence-electron chi connectivity index (χ1n) is 8.46. The zero-order chi connectivity index (χ0) is 20.1. The van der Waals surface area contributed by atoms with Crippen molar-refractivity contribution in [1.82, 2.24) is 4.98 Å². The molecule has 0 aliphatic rings. The SMILES string of the molecule is COc1ccccc1NC(=O)c1ccnc(C(=O)Nc2cccc(Cl)c2C)c1. The van der Waals surface area contributed by atoms with Gasteiger partial charge in [-0.05, 0) is 48.9 Å². The quantitative estimate of drug-likeness (QED) is 0.663. The summed E-state index contributed by atoms with van der Waals surface area (Å²) in [5.74, 6) is -0.267. The summed E-state index contributed by atoms with van der Waals surface area (Å²) in [6, 6.07) is 15.3. The van der Waals surface area contributed by atoms with Crippen LogP contribution in [-0.2, 0) is 0 Å². The molecule has 0 aliphatic carbocycles. The van der Waals surface area contributed by atoms with Crippen LogP contribution in [0.1, 0.15) is 26.4 Å². The van der Waals surface area contributed by atoms with Crippen LogP contribution >= 0.6 is 11.6 Å². The van der Waals surface area contributed by atoms with E-state index in [9.17, 15) is 9.59 Å². The second kappa shape index (κ2) is 8.54. The van der Waals surface area contributed by atoms with Gasteiger partial charge >= 0.3 is 0 Å². The van der Waals surface area contributed by atoms with Gasteiger partial charge in [0.15, 0.2) is 0 Å². The molecular weight excluding hydrogens is 378 g/mol. The van der Waals surface area contributed by atoms with Crippen LogP contribution in [0.2, 0.25) is 5.02 Å².